The summed E-state index contributed by atoms with van der Waals surface area (Å²) in [4.78, 5) is 13.5. The Morgan fingerprint density at radius 1 is 1.16 bits per heavy atom. The van der Waals surface area contributed by atoms with Gasteiger partial charge in [0.2, 0.25) is 0 Å². The number of hydrogen-bond acceptors (Lipinski definition) is 3. The first-order valence-corrected chi connectivity index (χ1v) is 7.17. The largest absolute Gasteiger partial charge is 0.492 e. The molecule has 0 amide bonds. The third kappa shape index (κ3) is 5.03. The molecule has 1 aromatic carbocycles. The minimum atomic E-state index is 0.193. The molecule has 1 saturated heterocycles. The topological polar surface area (TPSA) is 29.5 Å². The molecule has 0 radical (unpaired) electrons. The van der Waals surface area contributed by atoms with Gasteiger partial charge in [0, 0.05) is 13.0 Å². The Morgan fingerprint density at radius 2 is 1.84 bits per heavy atom. The van der Waals surface area contributed by atoms with Crippen LogP contribution in [-0.2, 0) is 11.2 Å². The van der Waals surface area contributed by atoms with Crippen LogP contribution in [-0.4, -0.2) is 36.9 Å². The van der Waals surface area contributed by atoms with E-state index in [0.29, 0.717) is 6.42 Å². The molecule has 0 aromatic heterocycles. The molecule has 0 aliphatic carbocycles. The summed E-state index contributed by atoms with van der Waals surface area (Å²) >= 11 is 0. The number of ether oxygens (including phenoxy) is 1. The fourth-order valence-corrected chi connectivity index (χ4v) is 2.47. The fraction of sp³-hybridized carbons (Fsp3) is 0.562. The second kappa shape index (κ2) is 7.29. The Balaban J connectivity index is 1.71. The molecule has 2 rings (SSSR count). The van der Waals surface area contributed by atoms with Gasteiger partial charge in [-0.25, -0.2) is 0 Å². The number of piperidine rings is 1. The first-order chi connectivity index (χ1) is 9.24. The summed E-state index contributed by atoms with van der Waals surface area (Å²) in [5.41, 5.74) is 1.05. The molecular weight excluding hydrogens is 238 g/mol. The summed E-state index contributed by atoms with van der Waals surface area (Å²) in [5.74, 6) is 1.09. The van der Waals surface area contributed by atoms with Crippen molar-refractivity contribution in [1.82, 2.24) is 4.90 Å². The predicted octanol–water partition coefficient (Wildman–Crippen LogP) is 2.68. The van der Waals surface area contributed by atoms with E-state index in [1.807, 2.05) is 24.3 Å². The lowest BCUT2D eigenvalue weighted by molar-refractivity contribution is -0.116. The fourth-order valence-electron chi connectivity index (χ4n) is 2.47. The van der Waals surface area contributed by atoms with Gasteiger partial charge in [0.05, 0.1) is 0 Å². The molecule has 19 heavy (non-hydrogen) atoms. The molecule has 0 unspecified atom stereocenters. The minimum absolute atomic E-state index is 0.193. The summed E-state index contributed by atoms with van der Waals surface area (Å²) in [6.07, 6.45) is 4.52. The lowest BCUT2D eigenvalue weighted by atomic mass is 10.1. The molecule has 0 spiro atoms. The zero-order valence-electron chi connectivity index (χ0n) is 11.7. The molecule has 0 N–H and O–H groups in total. The second-order valence-corrected chi connectivity index (χ2v) is 5.27. The van der Waals surface area contributed by atoms with Crippen molar-refractivity contribution in [3.63, 3.8) is 0 Å². The molecule has 1 aliphatic heterocycles. The number of ketones is 1. The van der Waals surface area contributed by atoms with E-state index in [0.717, 1.165) is 24.5 Å². The SMILES string of the molecule is CC(=O)Cc1ccc(OCCN2CCCCC2)cc1. The van der Waals surface area contributed by atoms with Crippen LogP contribution >= 0.6 is 0 Å². The van der Waals surface area contributed by atoms with Crippen molar-refractivity contribution in [3.05, 3.63) is 29.8 Å². The number of hydrogen-bond donors (Lipinski definition) is 0. The van der Waals surface area contributed by atoms with Crippen molar-refractivity contribution < 1.29 is 9.53 Å². The average Bonchev–Trinajstić information content (AvgIpc) is 2.41. The van der Waals surface area contributed by atoms with E-state index in [9.17, 15) is 4.79 Å². The van der Waals surface area contributed by atoms with Crippen LogP contribution in [0.15, 0.2) is 24.3 Å². The highest BCUT2D eigenvalue weighted by Gasteiger charge is 2.09. The van der Waals surface area contributed by atoms with Crippen molar-refractivity contribution >= 4 is 5.78 Å². The van der Waals surface area contributed by atoms with Gasteiger partial charge in [0.1, 0.15) is 18.1 Å². The van der Waals surface area contributed by atoms with E-state index in [1.54, 1.807) is 6.92 Å². The van der Waals surface area contributed by atoms with Crippen molar-refractivity contribution in [2.24, 2.45) is 0 Å². The summed E-state index contributed by atoms with van der Waals surface area (Å²) in [7, 11) is 0. The van der Waals surface area contributed by atoms with Crippen molar-refractivity contribution in [2.45, 2.75) is 32.6 Å². The van der Waals surface area contributed by atoms with Gasteiger partial charge in [0.15, 0.2) is 0 Å². The zero-order chi connectivity index (χ0) is 13.5. The Labute approximate surface area is 115 Å². The third-order valence-electron chi connectivity index (χ3n) is 3.50. The summed E-state index contributed by atoms with van der Waals surface area (Å²) in [6.45, 7) is 5.78. The molecule has 3 heteroatoms. The standard InChI is InChI=1S/C16H23NO2/c1-14(18)13-15-5-7-16(8-6-15)19-12-11-17-9-3-2-4-10-17/h5-8H,2-4,9-13H2,1H3. The number of likely N-dealkylation sites (tertiary alicyclic amines) is 1. The Hall–Kier alpha value is -1.35. The van der Waals surface area contributed by atoms with Gasteiger partial charge in [-0.2, -0.15) is 0 Å². The van der Waals surface area contributed by atoms with Crippen LogP contribution in [0.2, 0.25) is 0 Å². The molecule has 1 heterocycles. The van der Waals surface area contributed by atoms with E-state index in [4.69, 9.17) is 4.74 Å². The van der Waals surface area contributed by atoms with Crippen LogP contribution in [0, 0.1) is 0 Å². The van der Waals surface area contributed by atoms with Gasteiger partial charge in [-0.05, 0) is 50.6 Å². The molecule has 0 atom stereocenters. The van der Waals surface area contributed by atoms with Crippen LogP contribution in [0.5, 0.6) is 5.75 Å². The van der Waals surface area contributed by atoms with Crippen LogP contribution in [0.25, 0.3) is 0 Å². The number of carbonyl (C=O) groups excluding carboxylic acids is 1. The normalized spacial score (nSPS) is 16.3. The monoisotopic (exact) mass is 261 g/mol. The molecular formula is C16H23NO2. The van der Waals surface area contributed by atoms with Crippen molar-refractivity contribution in [2.75, 3.05) is 26.2 Å². The van der Waals surface area contributed by atoms with Crippen LogP contribution < -0.4 is 4.74 Å². The van der Waals surface area contributed by atoms with Crippen LogP contribution in [0.3, 0.4) is 0 Å². The smallest absolute Gasteiger partial charge is 0.134 e. The van der Waals surface area contributed by atoms with Gasteiger partial charge < -0.3 is 4.74 Å². The summed E-state index contributed by atoms with van der Waals surface area (Å²) in [6, 6.07) is 7.85. The summed E-state index contributed by atoms with van der Waals surface area (Å²) in [5, 5.41) is 0. The number of benzene rings is 1. The van der Waals surface area contributed by atoms with Gasteiger partial charge in [0.25, 0.3) is 0 Å². The highest BCUT2D eigenvalue weighted by molar-refractivity contribution is 5.78. The molecule has 104 valence electrons. The van der Waals surface area contributed by atoms with E-state index in [-0.39, 0.29) is 5.78 Å². The molecule has 1 aromatic rings. The first kappa shape index (κ1) is 14.1. The van der Waals surface area contributed by atoms with E-state index >= 15 is 0 Å². The van der Waals surface area contributed by atoms with Crippen molar-refractivity contribution in [1.29, 1.82) is 0 Å². The van der Waals surface area contributed by atoms with E-state index in [2.05, 4.69) is 4.90 Å². The number of Topliss-reactive ketones (excluding diaryl/α,β-unsaturated/α-hetero) is 1. The van der Waals surface area contributed by atoms with E-state index in [1.165, 1.54) is 32.4 Å². The molecule has 3 nitrogen and oxygen atoms in total. The molecule has 1 fully saturated rings. The molecule has 0 bridgehead atoms. The van der Waals surface area contributed by atoms with Gasteiger partial charge in [-0.3, -0.25) is 9.69 Å². The van der Waals surface area contributed by atoms with Crippen LogP contribution in [0.4, 0.5) is 0 Å². The third-order valence-corrected chi connectivity index (χ3v) is 3.50. The average molecular weight is 261 g/mol. The quantitative estimate of drug-likeness (QED) is 0.788. The van der Waals surface area contributed by atoms with Gasteiger partial charge in [-0.15, -0.1) is 0 Å². The van der Waals surface area contributed by atoms with Gasteiger partial charge in [-0.1, -0.05) is 18.6 Å². The lowest BCUT2D eigenvalue weighted by Crippen LogP contribution is -2.33. The van der Waals surface area contributed by atoms with E-state index < -0.39 is 0 Å². The Kier molecular flexibility index (Phi) is 5.40. The zero-order valence-corrected chi connectivity index (χ0v) is 11.7. The molecule has 0 saturated carbocycles. The second-order valence-electron chi connectivity index (χ2n) is 5.27. The highest BCUT2D eigenvalue weighted by Crippen LogP contribution is 2.13. The molecule has 1 aliphatic rings. The predicted molar refractivity (Wildman–Crippen MR) is 76.6 cm³/mol. The minimum Gasteiger partial charge on any atom is -0.492 e. The maximum atomic E-state index is 11.0. The number of nitrogens with zero attached hydrogens (tertiary/aromatic N) is 1. The Bertz CT molecular complexity index is 394. The first-order valence-electron chi connectivity index (χ1n) is 7.17. The van der Waals surface area contributed by atoms with Crippen molar-refractivity contribution in [3.8, 4) is 5.75 Å². The summed E-state index contributed by atoms with van der Waals surface area (Å²) < 4.78 is 5.74. The Morgan fingerprint density at radius 3 is 2.47 bits per heavy atom. The number of carbonyl (C=O) groups is 1. The number of rotatable bonds is 6. The highest BCUT2D eigenvalue weighted by atomic mass is 16.5. The maximum Gasteiger partial charge on any atom is 0.134 e. The van der Waals surface area contributed by atoms with Crippen LogP contribution in [0.1, 0.15) is 31.7 Å². The lowest BCUT2D eigenvalue weighted by Gasteiger charge is -2.26. The maximum absolute atomic E-state index is 11.0. The van der Waals surface area contributed by atoms with Gasteiger partial charge >= 0.3 is 0 Å².